The maximum Gasteiger partial charge on any atom is 0.315 e. The van der Waals surface area contributed by atoms with Crippen molar-refractivity contribution in [2.75, 3.05) is 32.7 Å². The third-order valence-corrected chi connectivity index (χ3v) is 6.87. The number of urea groups is 1. The van der Waals surface area contributed by atoms with Crippen molar-refractivity contribution in [3.63, 3.8) is 0 Å². The van der Waals surface area contributed by atoms with Crippen LogP contribution in [0.4, 0.5) is 9.18 Å². The van der Waals surface area contributed by atoms with Gasteiger partial charge < -0.3 is 15.5 Å². The number of hydrogen-bond acceptors (Lipinski definition) is 4. The molecule has 2 N–H and O–H groups in total. The summed E-state index contributed by atoms with van der Waals surface area (Å²) in [6.07, 6.45) is 0.465. The van der Waals surface area contributed by atoms with Crippen molar-refractivity contribution in [3.05, 3.63) is 66.0 Å². The summed E-state index contributed by atoms with van der Waals surface area (Å²) in [7, 11) is -3.76. The Morgan fingerprint density at radius 1 is 0.903 bits per heavy atom. The molecule has 1 aliphatic rings. The van der Waals surface area contributed by atoms with E-state index in [1.54, 1.807) is 0 Å². The molecule has 0 unspecified atom stereocenters. The summed E-state index contributed by atoms with van der Waals surface area (Å²) in [6, 6.07) is 13.6. The highest BCUT2D eigenvalue weighted by molar-refractivity contribution is 7.89. The maximum absolute atomic E-state index is 13.1. The first-order valence-electron chi connectivity index (χ1n) is 9.95. The van der Waals surface area contributed by atoms with Crippen molar-refractivity contribution >= 4 is 22.0 Å². The number of nitrogens with one attached hydrogen (secondary N) is 2. The molecule has 0 bridgehead atoms. The van der Waals surface area contributed by atoms with Crippen molar-refractivity contribution in [1.82, 2.24) is 19.8 Å². The van der Waals surface area contributed by atoms with Crippen LogP contribution in [-0.4, -0.2) is 62.3 Å². The predicted octanol–water partition coefficient (Wildman–Crippen LogP) is 1.55. The van der Waals surface area contributed by atoms with E-state index in [1.165, 1.54) is 21.3 Å². The quantitative estimate of drug-likeness (QED) is 0.701. The Labute approximate surface area is 181 Å². The zero-order valence-corrected chi connectivity index (χ0v) is 17.8. The summed E-state index contributed by atoms with van der Waals surface area (Å²) < 4.78 is 39.9. The van der Waals surface area contributed by atoms with Gasteiger partial charge in [0.15, 0.2) is 0 Å². The van der Waals surface area contributed by atoms with Crippen LogP contribution in [0.2, 0.25) is 0 Å². The fourth-order valence-corrected chi connectivity index (χ4v) is 4.72. The van der Waals surface area contributed by atoms with Crippen molar-refractivity contribution < 1.29 is 22.4 Å². The minimum Gasteiger partial charge on any atom is -0.340 e. The molecule has 8 nitrogen and oxygen atoms in total. The van der Waals surface area contributed by atoms with Gasteiger partial charge in [0.25, 0.3) is 0 Å². The predicted molar refractivity (Wildman–Crippen MR) is 113 cm³/mol. The Balaban J connectivity index is 1.48. The maximum atomic E-state index is 13.1. The highest BCUT2D eigenvalue weighted by atomic mass is 32.2. The summed E-state index contributed by atoms with van der Waals surface area (Å²) in [5.41, 5.74) is 0.943. The van der Waals surface area contributed by atoms with Gasteiger partial charge in [-0.1, -0.05) is 30.3 Å². The number of benzene rings is 2. The van der Waals surface area contributed by atoms with Gasteiger partial charge in [0.05, 0.1) is 11.4 Å². The van der Waals surface area contributed by atoms with Crippen LogP contribution in [0.15, 0.2) is 59.5 Å². The van der Waals surface area contributed by atoms with Crippen molar-refractivity contribution in [3.8, 4) is 0 Å². The van der Waals surface area contributed by atoms with Gasteiger partial charge in [-0.2, -0.15) is 4.31 Å². The molecule has 0 atom stereocenters. The van der Waals surface area contributed by atoms with Gasteiger partial charge in [0.1, 0.15) is 5.82 Å². The van der Waals surface area contributed by atoms with Gasteiger partial charge in [-0.3, -0.25) is 4.79 Å². The minimum atomic E-state index is -3.76. The Hall–Kier alpha value is -2.98. The normalized spacial score (nSPS) is 15.2. The Bertz CT molecular complexity index is 1000. The first-order chi connectivity index (χ1) is 14.9. The van der Waals surface area contributed by atoms with E-state index in [4.69, 9.17) is 0 Å². The van der Waals surface area contributed by atoms with E-state index in [0.29, 0.717) is 19.5 Å². The van der Waals surface area contributed by atoms with Gasteiger partial charge in [-0.15, -0.1) is 0 Å². The second kappa shape index (κ2) is 10.4. The van der Waals surface area contributed by atoms with Crippen LogP contribution in [0, 0.1) is 5.82 Å². The number of carbonyl (C=O) groups is 2. The monoisotopic (exact) mass is 448 g/mol. The van der Waals surface area contributed by atoms with Gasteiger partial charge in [-0.25, -0.2) is 17.6 Å². The van der Waals surface area contributed by atoms with E-state index >= 15 is 0 Å². The molecule has 1 fully saturated rings. The minimum absolute atomic E-state index is 0.0189. The zero-order chi connectivity index (χ0) is 22.3. The molecular formula is C21H25FN4O4S. The van der Waals surface area contributed by atoms with Crippen LogP contribution in [0.5, 0.6) is 0 Å². The summed E-state index contributed by atoms with van der Waals surface area (Å²) in [5.74, 6) is -0.789. The SMILES string of the molecule is O=C(NCC(=O)N1CCCN(S(=O)(=O)c2ccc(F)cc2)CC1)NCc1ccccc1. The Morgan fingerprint density at radius 3 is 2.32 bits per heavy atom. The largest absolute Gasteiger partial charge is 0.340 e. The molecule has 0 spiro atoms. The lowest BCUT2D eigenvalue weighted by Gasteiger charge is -2.22. The number of amides is 3. The number of nitrogens with zero attached hydrogens (tertiary/aromatic N) is 2. The molecule has 0 aliphatic carbocycles. The molecule has 3 rings (SSSR count). The summed E-state index contributed by atoms with van der Waals surface area (Å²) in [4.78, 5) is 26.0. The second-order valence-corrected chi connectivity index (χ2v) is 9.05. The topological polar surface area (TPSA) is 98.8 Å². The van der Waals surface area contributed by atoms with E-state index in [-0.39, 0.29) is 37.0 Å². The smallest absolute Gasteiger partial charge is 0.315 e. The number of hydrogen-bond donors (Lipinski definition) is 2. The summed E-state index contributed by atoms with van der Waals surface area (Å²) >= 11 is 0. The third-order valence-electron chi connectivity index (χ3n) is 4.96. The Morgan fingerprint density at radius 2 is 1.61 bits per heavy atom. The first-order valence-corrected chi connectivity index (χ1v) is 11.4. The average molecular weight is 449 g/mol. The van der Waals surface area contributed by atoms with Crippen LogP contribution >= 0.6 is 0 Å². The fraction of sp³-hybridized carbons (Fsp3) is 0.333. The lowest BCUT2D eigenvalue weighted by Crippen LogP contribution is -2.44. The van der Waals surface area contributed by atoms with Crippen LogP contribution in [0.3, 0.4) is 0 Å². The molecule has 2 aromatic rings. The van der Waals surface area contributed by atoms with Crippen LogP contribution in [0.1, 0.15) is 12.0 Å². The van der Waals surface area contributed by atoms with Gasteiger partial charge in [0.2, 0.25) is 15.9 Å². The molecular weight excluding hydrogens is 423 g/mol. The molecule has 166 valence electrons. The average Bonchev–Trinajstić information content (AvgIpc) is 3.04. The fourth-order valence-electron chi connectivity index (χ4n) is 3.25. The van der Waals surface area contributed by atoms with Crippen LogP contribution in [-0.2, 0) is 21.4 Å². The van der Waals surface area contributed by atoms with E-state index in [1.807, 2.05) is 30.3 Å². The number of halogens is 1. The second-order valence-electron chi connectivity index (χ2n) is 7.11. The molecule has 3 amide bonds. The molecule has 1 heterocycles. The molecule has 1 saturated heterocycles. The van der Waals surface area contributed by atoms with Crippen LogP contribution in [0.25, 0.3) is 0 Å². The van der Waals surface area contributed by atoms with Crippen molar-refractivity contribution in [2.24, 2.45) is 0 Å². The van der Waals surface area contributed by atoms with Crippen molar-refractivity contribution in [1.29, 1.82) is 0 Å². The first kappa shape index (κ1) is 22.7. The molecule has 2 aromatic carbocycles. The lowest BCUT2D eigenvalue weighted by molar-refractivity contribution is -0.129. The van der Waals surface area contributed by atoms with Crippen molar-refractivity contribution in [2.45, 2.75) is 17.9 Å². The van der Waals surface area contributed by atoms with Gasteiger partial charge in [0, 0.05) is 32.7 Å². The molecule has 0 radical (unpaired) electrons. The van der Waals surface area contributed by atoms with E-state index in [9.17, 15) is 22.4 Å². The summed E-state index contributed by atoms with van der Waals surface area (Å²) in [6.45, 7) is 1.17. The highest BCUT2D eigenvalue weighted by Gasteiger charge is 2.28. The van der Waals surface area contributed by atoms with E-state index in [2.05, 4.69) is 10.6 Å². The highest BCUT2D eigenvalue weighted by Crippen LogP contribution is 2.18. The van der Waals surface area contributed by atoms with Gasteiger partial charge in [-0.05, 0) is 36.2 Å². The van der Waals surface area contributed by atoms with Crippen LogP contribution < -0.4 is 10.6 Å². The van der Waals surface area contributed by atoms with E-state index in [0.717, 1.165) is 17.7 Å². The standard InChI is InChI=1S/C21H25FN4O4S/c22-18-7-9-19(10-8-18)31(29,30)26-12-4-11-25(13-14-26)20(27)16-24-21(28)23-15-17-5-2-1-3-6-17/h1-3,5-10H,4,11-16H2,(H2,23,24,28). The number of sulfonamides is 1. The molecule has 10 heteroatoms. The van der Waals surface area contributed by atoms with Gasteiger partial charge >= 0.3 is 6.03 Å². The summed E-state index contributed by atoms with van der Waals surface area (Å²) in [5, 5.41) is 5.22. The lowest BCUT2D eigenvalue weighted by atomic mass is 10.2. The molecule has 1 aliphatic heterocycles. The molecule has 31 heavy (non-hydrogen) atoms. The molecule has 0 saturated carbocycles. The Kier molecular flexibility index (Phi) is 7.59. The zero-order valence-electron chi connectivity index (χ0n) is 17.0. The number of rotatable bonds is 6. The number of carbonyl (C=O) groups excluding carboxylic acids is 2. The molecule has 0 aromatic heterocycles. The van der Waals surface area contributed by atoms with E-state index < -0.39 is 21.9 Å². The third kappa shape index (κ3) is 6.25.